The summed E-state index contributed by atoms with van der Waals surface area (Å²) in [5, 5.41) is 9.56. The molecular formula is C11H15F2NO2. The third-order valence-electron chi connectivity index (χ3n) is 2.23. The first-order chi connectivity index (χ1) is 7.44. The Balaban J connectivity index is 2.49. The predicted octanol–water partition coefficient (Wildman–Crippen LogP) is 1.44. The first kappa shape index (κ1) is 12.9. The summed E-state index contributed by atoms with van der Waals surface area (Å²) in [5.41, 5.74) is 4.28. The molecule has 1 unspecified atom stereocenters. The number of hydrogen-bond acceptors (Lipinski definition) is 3. The number of nitrogens with two attached hydrogens (primary N) is 1. The second-order valence-electron chi connectivity index (χ2n) is 3.87. The van der Waals surface area contributed by atoms with Crippen LogP contribution >= 0.6 is 0 Å². The van der Waals surface area contributed by atoms with Crippen molar-refractivity contribution in [3.63, 3.8) is 0 Å². The summed E-state index contributed by atoms with van der Waals surface area (Å²) in [6.07, 6.45) is 0.278. The normalized spacial score (nSPS) is 14.6. The van der Waals surface area contributed by atoms with Crippen molar-refractivity contribution in [1.82, 2.24) is 0 Å². The van der Waals surface area contributed by atoms with Crippen LogP contribution in [-0.4, -0.2) is 23.9 Å². The molecule has 1 rings (SSSR count). The molecule has 5 heteroatoms. The van der Waals surface area contributed by atoms with Gasteiger partial charge in [-0.15, -0.1) is 0 Å². The predicted molar refractivity (Wildman–Crippen MR) is 56.1 cm³/mol. The molecular weight excluding hydrogens is 216 g/mol. The van der Waals surface area contributed by atoms with Gasteiger partial charge in [-0.2, -0.15) is 0 Å². The molecule has 0 aliphatic heterocycles. The maximum atomic E-state index is 13.1. The molecule has 0 fully saturated rings. The Hall–Kier alpha value is -1.20. The van der Waals surface area contributed by atoms with Crippen LogP contribution in [0.4, 0.5) is 8.78 Å². The average molecular weight is 231 g/mol. The summed E-state index contributed by atoms with van der Waals surface area (Å²) >= 11 is 0. The fourth-order valence-electron chi connectivity index (χ4n) is 1.08. The summed E-state index contributed by atoms with van der Waals surface area (Å²) in [4.78, 5) is 0. The summed E-state index contributed by atoms with van der Waals surface area (Å²) in [5.74, 6) is -1.44. The van der Waals surface area contributed by atoms with Crippen molar-refractivity contribution >= 4 is 0 Å². The van der Waals surface area contributed by atoms with Crippen molar-refractivity contribution in [2.24, 2.45) is 5.73 Å². The Morgan fingerprint density at radius 3 is 2.69 bits per heavy atom. The van der Waals surface area contributed by atoms with Gasteiger partial charge >= 0.3 is 0 Å². The molecule has 0 bridgehead atoms. The van der Waals surface area contributed by atoms with Crippen LogP contribution in [0.2, 0.25) is 0 Å². The number of rotatable bonds is 5. The first-order valence-corrected chi connectivity index (χ1v) is 4.95. The van der Waals surface area contributed by atoms with Gasteiger partial charge in [0.1, 0.15) is 5.82 Å². The summed E-state index contributed by atoms with van der Waals surface area (Å²) < 4.78 is 30.7. The maximum Gasteiger partial charge on any atom is 0.167 e. The number of aliphatic hydroxyl groups is 1. The molecule has 1 atom stereocenters. The van der Waals surface area contributed by atoms with Gasteiger partial charge in [0.25, 0.3) is 0 Å². The van der Waals surface area contributed by atoms with Crippen molar-refractivity contribution in [1.29, 1.82) is 0 Å². The molecule has 0 aromatic heterocycles. The lowest BCUT2D eigenvalue weighted by molar-refractivity contribution is 0.0448. The fraction of sp³-hybridized carbons (Fsp3) is 0.455. The van der Waals surface area contributed by atoms with Crippen LogP contribution in [0.5, 0.6) is 5.75 Å². The lowest BCUT2D eigenvalue weighted by Gasteiger charge is -2.20. The van der Waals surface area contributed by atoms with E-state index in [2.05, 4.69) is 0 Å². The van der Waals surface area contributed by atoms with E-state index in [1.165, 1.54) is 6.07 Å². The Morgan fingerprint density at radius 1 is 1.44 bits per heavy atom. The summed E-state index contributed by atoms with van der Waals surface area (Å²) in [7, 11) is 0. The van der Waals surface area contributed by atoms with E-state index in [-0.39, 0.29) is 25.3 Å². The van der Waals surface area contributed by atoms with E-state index in [0.717, 1.165) is 12.1 Å². The van der Waals surface area contributed by atoms with Crippen LogP contribution < -0.4 is 10.5 Å². The minimum atomic E-state index is -1.03. The molecule has 0 aliphatic carbocycles. The van der Waals surface area contributed by atoms with Gasteiger partial charge in [0.2, 0.25) is 0 Å². The van der Waals surface area contributed by atoms with E-state index in [4.69, 9.17) is 10.5 Å². The SMILES string of the molecule is CC(O)(CN)CCOc1ccc(F)cc1F. The zero-order valence-electron chi connectivity index (χ0n) is 9.04. The maximum absolute atomic E-state index is 13.1. The van der Waals surface area contributed by atoms with Gasteiger partial charge in [-0.25, -0.2) is 8.78 Å². The number of halogens is 2. The van der Waals surface area contributed by atoms with Crippen molar-refractivity contribution in [3.05, 3.63) is 29.8 Å². The van der Waals surface area contributed by atoms with Crippen LogP contribution in [0.25, 0.3) is 0 Å². The van der Waals surface area contributed by atoms with Crippen LogP contribution in [0.3, 0.4) is 0 Å². The van der Waals surface area contributed by atoms with E-state index in [1.54, 1.807) is 6.92 Å². The number of benzene rings is 1. The molecule has 3 N–H and O–H groups in total. The van der Waals surface area contributed by atoms with E-state index in [1.807, 2.05) is 0 Å². The lowest BCUT2D eigenvalue weighted by atomic mass is 10.0. The second-order valence-corrected chi connectivity index (χ2v) is 3.87. The van der Waals surface area contributed by atoms with Crippen molar-refractivity contribution < 1.29 is 18.6 Å². The topological polar surface area (TPSA) is 55.5 Å². The highest BCUT2D eigenvalue weighted by Gasteiger charge is 2.18. The number of hydrogen-bond donors (Lipinski definition) is 2. The number of ether oxygens (including phenoxy) is 1. The third kappa shape index (κ3) is 3.75. The summed E-state index contributed by atoms with van der Waals surface area (Å²) in [6, 6.07) is 3.07. The molecule has 0 spiro atoms. The molecule has 1 aromatic carbocycles. The third-order valence-corrected chi connectivity index (χ3v) is 2.23. The molecule has 1 aromatic rings. The largest absolute Gasteiger partial charge is 0.490 e. The van der Waals surface area contributed by atoms with Gasteiger partial charge in [0.05, 0.1) is 12.2 Å². The van der Waals surface area contributed by atoms with Gasteiger partial charge < -0.3 is 15.6 Å². The molecule has 0 radical (unpaired) electrons. The van der Waals surface area contributed by atoms with Crippen molar-refractivity contribution in [2.75, 3.05) is 13.2 Å². The first-order valence-electron chi connectivity index (χ1n) is 4.95. The van der Waals surface area contributed by atoms with Gasteiger partial charge in [-0.3, -0.25) is 0 Å². The Morgan fingerprint density at radius 2 is 2.12 bits per heavy atom. The monoisotopic (exact) mass is 231 g/mol. The molecule has 3 nitrogen and oxygen atoms in total. The molecule has 0 saturated carbocycles. The highest BCUT2D eigenvalue weighted by molar-refractivity contribution is 5.24. The highest BCUT2D eigenvalue weighted by Crippen LogP contribution is 2.18. The highest BCUT2D eigenvalue weighted by atomic mass is 19.1. The fourth-order valence-corrected chi connectivity index (χ4v) is 1.08. The van der Waals surface area contributed by atoms with E-state index >= 15 is 0 Å². The van der Waals surface area contributed by atoms with Gasteiger partial charge in [-0.05, 0) is 19.1 Å². The van der Waals surface area contributed by atoms with Gasteiger partial charge in [0.15, 0.2) is 11.6 Å². The molecule has 16 heavy (non-hydrogen) atoms. The second kappa shape index (κ2) is 5.23. The molecule has 0 saturated heterocycles. The molecule has 0 heterocycles. The molecule has 0 aliphatic rings. The Kier molecular flexibility index (Phi) is 4.20. The molecule has 0 amide bonds. The molecule has 90 valence electrons. The van der Waals surface area contributed by atoms with Crippen LogP contribution in [0.1, 0.15) is 13.3 Å². The van der Waals surface area contributed by atoms with Crippen LogP contribution in [0, 0.1) is 11.6 Å². The van der Waals surface area contributed by atoms with E-state index < -0.39 is 17.2 Å². The minimum absolute atomic E-state index is 0.0331. The van der Waals surface area contributed by atoms with Crippen LogP contribution in [0.15, 0.2) is 18.2 Å². The quantitative estimate of drug-likeness (QED) is 0.806. The lowest BCUT2D eigenvalue weighted by Crippen LogP contribution is -2.35. The smallest absolute Gasteiger partial charge is 0.167 e. The Labute approximate surface area is 92.8 Å². The minimum Gasteiger partial charge on any atom is -0.490 e. The van der Waals surface area contributed by atoms with Crippen LogP contribution in [-0.2, 0) is 0 Å². The average Bonchev–Trinajstić information content (AvgIpc) is 2.21. The van der Waals surface area contributed by atoms with Crippen molar-refractivity contribution in [3.8, 4) is 5.75 Å². The standard InChI is InChI=1S/C11H15F2NO2/c1-11(15,7-14)4-5-16-10-3-2-8(12)6-9(10)13/h2-3,6,15H,4-5,7,14H2,1H3. The summed E-state index contributed by atoms with van der Waals surface area (Å²) in [6.45, 7) is 1.78. The zero-order valence-corrected chi connectivity index (χ0v) is 9.04. The Bertz CT molecular complexity index is 356. The van der Waals surface area contributed by atoms with Gasteiger partial charge in [-0.1, -0.05) is 0 Å². The van der Waals surface area contributed by atoms with E-state index in [0.29, 0.717) is 0 Å². The van der Waals surface area contributed by atoms with Crippen molar-refractivity contribution in [2.45, 2.75) is 18.9 Å². The van der Waals surface area contributed by atoms with E-state index in [9.17, 15) is 13.9 Å². The zero-order chi connectivity index (χ0) is 12.2. The van der Waals surface area contributed by atoms with Gasteiger partial charge in [0, 0.05) is 19.0 Å².